The van der Waals surface area contributed by atoms with Crippen molar-refractivity contribution < 1.29 is 4.79 Å². The number of carbonyl (C=O) groups is 1. The molecule has 0 bridgehead atoms. The van der Waals surface area contributed by atoms with Crippen molar-refractivity contribution in [3.8, 4) is 0 Å². The summed E-state index contributed by atoms with van der Waals surface area (Å²) in [6.45, 7) is 3.37. The Morgan fingerprint density at radius 1 is 1.35 bits per heavy atom. The highest BCUT2D eigenvalue weighted by Gasteiger charge is 2.29. The fourth-order valence-electron chi connectivity index (χ4n) is 3.16. The molecule has 0 unspecified atom stereocenters. The predicted octanol–water partition coefficient (Wildman–Crippen LogP) is 2.51. The number of likely N-dealkylation sites (tertiary alicyclic amines) is 1. The first-order chi connectivity index (χ1) is 11.2. The summed E-state index contributed by atoms with van der Waals surface area (Å²) in [4.78, 5) is 19.6. The van der Waals surface area contributed by atoms with Gasteiger partial charge in [0.2, 0.25) is 0 Å². The molecule has 6 nitrogen and oxygen atoms in total. The van der Waals surface area contributed by atoms with Gasteiger partial charge in [0.05, 0.1) is 11.2 Å². The van der Waals surface area contributed by atoms with E-state index < -0.39 is 0 Å². The lowest BCUT2D eigenvalue weighted by molar-refractivity contribution is 0.0708. The Bertz CT molecular complexity index is 855. The summed E-state index contributed by atoms with van der Waals surface area (Å²) < 4.78 is 2.02. The van der Waals surface area contributed by atoms with Crippen molar-refractivity contribution in [3.05, 3.63) is 46.3 Å². The van der Waals surface area contributed by atoms with E-state index in [0.29, 0.717) is 6.54 Å². The largest absolute Gasteiger partial charge is 0.337 e. The molecule has 0 aliphatic carbocycles. The van der Waals surface area contributed by atoms with Crippen LogP contribution >= 0.6 is 11.3 Å². The molecule has 1 aliphatic rings. The number of rotatable bonds is 2. The molecule has 0 radical (unpaired) electrons. The van der Waals surface area contributed by atoms with Gasteiger partial charge in [-0.1, -0.05) is 6.07 Å². The first-order valence-corrected chi connectivity index (χ1v) is 8.61. The number of thiazole rings is 1. The number of pyridine rings is 1. The zero-order valence-electron chi connectivity index (χ0n) is 12.8. The number of amides is 1. The molecule has 0 aromatic carbocycles. The van der Waals surface area contributed by atoms with Gasteiger partial charge in [0.1, 0.15) is 10.7 Å². The van der Waals surface area contributed by atoms with Gasteiger partial charge in [-0.25, -0.2) is 4.98 Å². The minimum absolute atomic E-state index is 0.0866. The van der Waals surface area contributed by atoms with Gasteiger partial charge in [-0.3, -0.25) is 9.20 Å². The lowest BCUT2D eigenvalue weighted by atomic mass is 9.97. The van der Waals surface area contributed by atoms with Crippen LogP contribution in [0.15, 0.2) is 29.9 Å². The summed E-state index contributed by atoms with van der Waals surface area (Å²) in [6, 6.07) is 5.88. The number of aromatic nitrogens is 4. The third-order valence-electron chi connectivity index (χ3n) is 4.35. The van der Waals surface area contributed by atoms with Crippen molar-refractivity contribution >= 4 is 22.9 Å². The molecule has 1 atom stereocenters. The van der Waals surface area contributed by atoms with Crippen LogP contribution in [0.25, 0.3) is 5.65 Å². The molecule has 1 amide bonds. The molecule has 3 aromatic rings. The lowest BCUT2D eigenvalue weighted by Gasteiger charge is -2.31. The van der Waals surface area contributed by atoms with Crippen molar-refractivity contribution in [2.45, 2.75) is 25.7 Å². The van der Waals surface area contributed by atoms with Crippen molar-refractivity contribution in [2.75, 3.05) is 13.1 Å². The second-order valence-electron chi connectivity index (χ2n) is 5.84. The van der Waals surface area contributed by atoms with E-state index >= 15 is 0 Å². The number of carbonyl (C=O) groups excluding carboxylic acids is 1. The summed E-state index contributed by atoms with van der Waals surface area (Å²) in [5.41, 5.74) is 3.40. The lowest BCUT2D eigenvalue weighted by Crippen LogP contribution is -2.39. The number of fused-ring (bicyclic) bond motifs is 1. The smallest absolute Gasteiger partial charge is 0.265 e. The molecule has 1 saturated heterocycles. The van der Waals surface area contributed by atoms with E-state index in [9.17, 15) is 4.79 Å². The Hall–Kier alpha value is -2.28. The standard InChI is InChI=1S/C16H17N5OS/c1-11-14(23-10-17-11)16(22)20-7-4-5-12(9-20)15-19-18-13-6-2-3-8-21(13)15/h2-3,6,8,10,12H,4-5,7,9H2,1H3/t12-/m0/s1. The van der Waals surface area contributed by atoms with Crippen LogP contribution in [0, 0.1) is 6.92 Å². The van der Waals surface area contributed by atoms with Crippen LogP contribution in [0.4, 0.5) is 0 Å². The number of nitrogens with zero attached hydrogens (tertiary/aromatic N) is 5. The highest BCUT2D eigenvalue weighted by atomic mass is 32.1. The van der Waals surface area contributed by atoms with E-state index in [0.717, 1.165) is 41.4 Å². The molecular weight excluding hydrogens is 310 g/mol. The maximum Gasteiger partial charge on any atom is 0.265 e. The maximum atomic E-state index is 12.7. The Labute approximate surface area is 137 Å². The van der Waals surface area contributed by atoms with Crippen LogP contribution in [0.2, 0.25) is 0 Å². The number of piperidine rings is 1. The average molecular weight is 327 g/mol. The Morgan fingerprint density at radius 2 is 2.26 bits per heavy atom. The Kier molecular flexibility index (Phi) is 3.57. The van der Waals surface area contributed by atoms with Gasteiger partial charge in [0, 0.05) is 25.2 Å². The van der Waals surface area contributed by atoms with Crippen LogP contribution in [-0.2, 0) is 0 Å². The van der Waals surface area contributed by atoms with Crippen molar-refractivity contribution in [1.82, 2.24) is 24.5 Å². The first-order valence-electron chi connectivity index (χ1n) is 7.73. The molecule has 0 N–H and O–H groups in total. The third kappa shape index (κ3) is 2.50. The van der Waals surface area contributed by atoms with Crippen LogP contribution in [0.3, 0.4) is 0 Å². The Balaban J connectivity index is 1.60. The summed E-state index contributed by atoms with van der Waals surface area (Å²) in [7, 11) is 0. The molecule has 1 fully saturated rings. The minimum Gasteiger partial charge on any atom is -0.337 e. The van der Waals surface area contributed by atoms with Crippen molar-refractivity contribution in [1.29, 1.82) is 0 Å². The molecule has 23 heavy (non-hydrogen) atoms. The van der Waals surface area contributed by atoms with Gasteiger partial charge < -0.3 is 4.90 Å². The van der Waals surface area contributed by atoms with Gasteiger partial charge in [-0.05, 0) is 31.9 Å². The van der Waals surface area contributed by atoms with E-state index in [1.807, 2.05) is 40.6 Å². The van der Waals surface area contributed by atoms with Gasteiger partial charge in [0.25, 0.3) is 5.91 Å². The van der Waals surface area contributed by atoms with Crippen molar-refractivity contribution in [3.63, 3.8) is 0 Å². The molecule has 4 rings (SSSR count). The highest BCUT2D eigenvalue weighted by Crippen LogP contribution is 2.28. The van der Waals surface area contributed by atoms with Crippen molar-refractivity contribution in [2.24, 2.45) is 0 Å². The number of hydrogen-bond acceptors (Lipinski definition) is 5. The fraction of sp³-hybridized carbons (Fsp3) is 0.375. The quantitative estimate of drug-likeness (QED) is 0.725. The topological polar surface area (TPSA) is 63.4 Å². The molecule has 0 saturated carbocycles. The molecule has 4 heterocycles. The zero-order chi connectivity index (χ0) is 15.8. The molecule has 1 aliphatic heterocycles. The SMILES string of the molecule is Cc1ncsc1C(=O)N1CCC[C@H](c2nnc3ccccn23)C1. The number of hydrogen-bond donors (Lipinski definition) is 0. The van der Waals surface area contributed by atoms with E-state index in [-0.39, 0.29) is 11.8 Å². The number of aryl methyl sites for hydroxylation is 1. The van der Waals surface area contributed by atoms with Gasteiger partial charge >= 0.3 is 0 Å². The summed E-state index contributed by atoms with van der Waals surface area (Å²) >= 11 is 1.42. The third-order valence-corrected chi connectivity index (χ3v) is 5.27. The molecular formula is C16H17N5OS. The van der Waals surface area contributed by atoms with Crippen LogP contribution in [-0.4, -0.2) is 43.5 Å². The first kappa shape index (κ1) is 14.3. The molecule has 7 heteroatoms. The van der Waals surface area contributed by atoms with Crippen LogP contribution < -0.4 is 0 Å². The minimum atomic E-state index is 0.0866. The molecule has 3 aromatic heterocycles. The molecule has 118 valence electrons. The van der Waals surface area contributed by atoms with E-state index in [2.05, 4.69) is 15.2 Å². The monoisotopic (exact) mass is 327 g/mol. The van der Waals surface area contributed by atoms with Gasteiger partial charge in [-0.2, -0.15) is 0 Å². The van der Waals surface area contributed by atoms with E-state index in [1.165, 1.54) is 11.3 Å². The Morgan fingerprint density at radius 3 is 3.09 bits per heavy atom. The van der Waals surface area contributed by atoms with Crippen LogP contribution in [0.5, 0.6) is 0 Å². The van der Waals surface area contributed by atoms with Gasteiger partial charge in [-0.15, -0.1) is 21.5 Å². The zero-order valence-corrected chi connectivity index (χ0v) is 13.7. The second-order valence-corrected chi connectivity index (χ2v) is 6.70. The average Bonchev–Trinajstić information content (AvgIpc) is 3.20. The van der Waals surface area contributed by atoms with Crippen LogP contribution in [0.1, 0.15) is 39.9 Å². The highest BCUT2D eigenvalue weighted by molar-refractivity contribution is 7.11. The maximum absolute atomic E-state index is 12.7. The van der Waals surface area contributed by atoms with E-state index in [4.69, 9.17) is 0 Å². The normalized spacial score (nSPS) is 18.5. The predicted molar refractivity (Wildman–Crippen MR) is 87.7 cm³/mol. The summed E-state index contributed by atoms with van der Waals surface area (Å²) in [5.74, 6) is 1.25. The summed E-state index contributed by atoms with van der Waals surface area (Å²) in [6.07, 6.45) is 4.00. The van der Waals surface area contributed by atoms with Gasteiger partial charge in [0.15, 0.2) is 5.65 Å². The fourth-order valence-corrected chi connectivity index (χ4v) is 3.93. The second kappa shape index (κ2) is 5.73. The van der Waals surface area contributed by atoms with E-state index in [1.54, 1.807) is 5.51 Å². The summed E-state index contributed by atoms with van der Waals surface area (Å²) in [5, 5.41) is 8.59. The molecule has 0 spiro atoms.